The van der Waals surface area contributed by atoms with Crippen molar-refractivity contribution in [3.8, 4) is 0 Å². The highest BCUT2D eigenvalue weighted by Crippen LogP contribution is 2.06. The Bertz CT molecular complexity index is 806. The Hall–Kier alpha value is -3.50. The topological polar surface area (TPSA) is 304 Å². The Kier molecular flexibility index (Phi) is 17.8. The van der Waals surface area contributed by atoms with Crippen LogP contribution in [0.1, 0.15) is 57.8 Å². The largest absolute Gasteiger partial charge is 0.481 e. The first-order valence-electron chi connectivity index (χ1n) is 12.5. The molecule has 0 heterocycles. The van der Waals surface area contributed by atoms with Gasteiger partial charge in [0.15, 0.2) is 5.96 Å². The minimum atomic E-state index is -1.58. The summed E-state index contributed by atoms with van der Waals surface area (Å²) >= 11 is 0. The van der Waals surface area contributed by atoms with Crippen LogP contribution in [0.3, 0.4) is 0 Å². The number of amides is 3. The number of aliphatic imine (C=N–C) groups is 1. The molecule has 4 atom stereocenters. The van der Waals surface area contributed by atoms with E-state index in [1.807, 2.05) is 0 Å². The van der Waals surface area contributed by atoms with Crippen LogP contribution in [0.4, 0.5) is 0 Å². The molecule has 15 N–H and O–H groups in total. The van der Waals surface area contributed by atoms with Gasteiger partial charge in [-0.05, 0) is 64.5 Å². The highest BCUT2D eigenvalue weighted by molar-refractivity contribution is 5.95. The summed E-state index contributed by atoms with van der Waals surface area (Å²) in [6.07, 6.45) is 2.01. The second kappa shape index (κ2) is 19.6. The number of carbonyl (C=O) groups is 5. The summed E-state index contributed by atoms with van der Waals surface area (Å²) in [7, 11) is 0. The molecule has 0 aromatic heterocycles. The molecule has 3 amide bonds. The Balaban J connectivity index is 5.43. The standard InChI is InChI=1S/C22H43N9O7/c23-9-3-1-7-14(29-18(34)13(25)6-5-11-28-22(26)27)19(35)31-16(12-17(32)33)20(36)30-15(21(37)38)8-2-4-10-24/h13-16H,1-12,23-25H2,(H,29,34)(H,30,36)(H,31,35)(H,32,33)(H,37,38)(H4,26,27,28). The molecule has 16 nitrogen and oxygen atoms in total. The summed E-state index contributed by atoms with van der Waals surface area (Å²) in [5.41, 5.74) is 27.3. The van der Waals surface area contributed by atoms with Crippen molar-refractivity contribution >= 4 is 35.6 Å². The van der Waals surface area contributed by atoms with Crippen LogP contribution in [0.2, 0.25) is 0 Å². The van der Waals surface area contributed by atoms with Crippen LogP contribution < -0.4 is 44.6 Å². The highest BCUT2D eigenvalue weighted by Gasteiger charge is 2.31. The van der Waals surface area contributed by atoms with Crippen LogP contribution >= 0.6 is 0 Å². The van der Waals surface area contributed by atoms with Crippen molar-refractivity contribution in [1.29, 1.82) is 0 Å². The molecule has 0 saturated carbocycles. The zero-order valence-corrected chi connectivity index (χ0v) is 21.6. The summed E-state index contributed by atoms with van der Waals surface area (Å²) in [5.74, 6) is -5.23. The molecule has 4 unspecified atom stereocenters. The minimum absolute atomic E-state index is 0.0743. The molecule has 0 aromatic carbocycles. The fraction of sp³-hybridized carbons (Fsp3) is 0.727. The Morgan fingerprint density at radius 1 is 0.684 bits per heavy atom. The van der Waals surface area contributed by atoms with Crippen LogP contribution in [0.5, 0.6) is 0 Å². The summed E-state index contributed by atoms with van der Waals surface area (Å²) in [6.45, 7) is 0.950. The van der Waals surface area contributed by atoms with Crippen molar-refractivity contribution in [2.24, 2.45) is 33.7 Å². The van der Waals surface area contributed by atoms with Crippen molar-refractivity contribution in [2.75, 3.05) is 19.6 Å². The first kappa shape index (κ1) is 34.5. The summed E-state index contributed by atoms with van der Waals surface area (Å²) in [5, 5.41) is 25.7. The van der Waals surface area contributed by atoms with Gasteiger partial charge in [-0.25, -0.2) is 4.79 Å². The van der Waals surface area contributed by atoms with Crippen LogP contribution in [0.15, 0.2) is 4.99 Å². The van der Waals surface area contributed by atoms with Crippen LogP contribution in [0.25, 0.3) is 0 Å². The van der Waals surface area contributed by atoms with Crippen molar-refractivity contribution < 1.29 is 34.2 Å². The zero-order chi connectivity index (χ0) is 29.1. The van der Waals surface area contributed by atoms with Gasteiger partial charge in [0.2, 0.25) is 17.7 Å². The number of nitrogens with two attached hydrogens (primary N) is 5. The van der Waals surface area contributed by atoms with E-state index < -0.39 is 60.2 Å². The van der Waals surface area contributed by atoms with Gasteiger partial charge < -0.3 is 54.8 Å². The average molecular weight is 546 g/mol. The van der Waals surface area contributed by atoms with Gasteiger partial charge in [0.25, 0.3) is 0 Å². The third-order valence-corrected chi connectivity index (χ3v) is 5.46. The van der Waals surface area contributed by atoms with Crippen LogP contribution in [-0.4, -0.2) is 89.6 Å². The van der Waals surface area contributed by atoms with Crippen molar-refractivity contribution in [2.45, 2.75) is 82.0 Å². The SMILES string of the molecule is NCCCCC(NC(=O)C(CC(=O)O)NC(=O)C(CCCCN)NC(=O)C(N)CCCN=C(N)N)C(=O)O. The molecule has 0 radical (unpaired) electrons. The van der Waals surface area contributed by atoms with E-state index in [4.69, 9.17) is 28.7 Å². The van der Waals surface area contributed by atoms with Gasteiger partial charge in [-0.2, -0.15) is 0 Å². The molecule has 0 fully saturated rings. The lowest BCUT2D eigenvalue weighted by Gasteiger charge is -2.24. The molecular weight excluding hydrogens is 502 g/mol. The molecule has 0 aliphatic rings. The first-order valence-corrected chi connectivity index (χ1v) is 12.5. The predicted molar refractivity (Wildman–Crippen MR) is 139 cm³/mol. The fourth-order valence-corrected chi connectivity index (χ4v) is 3.37. The van der Waals surface area contributed by atoms with Crippen LogP contribution in [-0.2, 0) is 24.0 Å². The number of nitrogens with one attached hydrogen (secondary N) is 3. The van der Waals surface area contributed by atoms with E-state index in [0.717, 1.165) is 0 Å². The molecule has 0 saturated heterocycles. The molecule has 0 bridgehead atoms. The van der Waals surface area contributed by atoms with Gasteiger partial charge in [-0.15, -0.1) is 0 Å². The van der Waals surface area contributed by atoms with E-state index >= 15 is 0 Å². The smallest absolute Gasteiger partial charge is 0.326 e. The number of carbonyl (C=O) groups excluding carboxylic acids is 3. The summed E-state index contributed by atoms with van der Waals surface area (Å²) in [4.78, 5) is 65.0. The second-order valence-electron chi connectivity index (χ2n) is 8.74. The van der Waals surface area contributed by atoms with Crippen molar-refractivity contribution in [3.63, 3.8) is 0 Å². The second-order valence-corrected chi connectivity index (χ2v) is 8.74. The fourth-order valence-electron chi connectivity index (χ4n) is 3.37. The summed E-state index contributed by atoms with van der Waals surface area (Å²) in [6, 6.07) is -4.99. The summed E-state index contributed by atoms with van der Waals surface area (Å²) < 4.78 is 0. The maximum absolute atomic E-state index is 13.0. The zero-order valence-electron chi connectivity index (χ0n) is 21.6. The highest BCUT2D eigenvalue weighted by atomic mass is 16.4. The monoisotopic (exact) mass is 545 g/mol. The predicted octanol–water partition coefficient (Wildman–Crippen LogP) is -3.36. The average Bonchev–Trinajstić information content (AvgIpc) is 2.84. The number of hydrogen-bond donors (Lipinski definition) is 10. The van der Waals surface area contributed by atoms with Gasteiger partial charge in [0.1, 0.15) is 18.1 Å². The van der Waals surface area contributed by atoms with Gasteiger partial charge >= 0.3 is 11.9 Å². The lowest BCUT2D eigenvalue weighted by Crippen LogP contribution is -2.57. The van der Waals surface area contributed by atoms with E-state index in [-0.39, 0.29) is 31.8 Å². The van der Waals surface area contributed by atoms with Gasteiger partial charge in [0, 0.05) is 6.54 Å². The number of unbranched alkanes of at least 4 members (excludes halogenated alkanes) is 2. The van der Waals surface area contributed by atoms with Crippen molar-refractivity contribution in [3.05, 3.63) is 0 Å². The number of aliphatic carboxylic acids is 2. The van der Waals surface area contributed by atoms with E-state index in [9.17, 15) is 34.2 Å². The minimum Gasteiger partial charge on any atom is -0.481 e. The molecule has 218 valence electrons. The molecule has 16 heteroatoms. The van der Waals surface area contributed by atoms with E-state index in [0.29, 0.717) is 45.2 Å². The molecule has 0 aliphatic heterocycles. The quantitative estimate of drug-likeness (QED) is 0.0384. The van der Waals surface area contributed by atoms with Gasteiger partial charge in [-0.3, -0.25) is 24.2 Å². The Labute approximate surface area is 221 Å². The van der Waals surface area contributed by atoms with E-state index in [1.54, 1.807) is 0 Å². The maximum atomic E-state index is 13.0. The number of guanidine groups is 1. The number of rotatable bonds is 21. The lowest BCUT2D eigenvalue weighted by atomic mass is 10.0. The van der Waals surface area contributed by atoms with E-state index in [1.165, 1.54) is 0 Å². The molecule has 0 rings (SSSR count). The first-order chi connectivity index (χ1) is 17.9. The van der Waals surface area contributed by atoms with Gasteiger partial charge in [-0.1, -0.05) is 0 Å². The maximum Gasteiger partial charge on any atom is 0.326 e. The lowest BCUT2D eigenvalue weighted by molar-refractivity contribution is -0.143. The molecule has 0 aromatic rings. The third-order valence-electron chi connectivity index (χ3n) is 5.46. The van der Waals surface area contributed by atoms with Crippen LogP contribution in [0, 0.1) is 0 Å². The van der Waals surface area contributed by atoms with E-state index in [2.05, 4.69) is 20.9 Å². The molecular formula is C22H43N9O7. The third kappa shape index (κ3) is 15.6. The number of hydrogen-bond acceptors (Lipinski definition) is 9. The molecule has 38 heavy (non-hydrogen) atoms. The Morgan fingerprint density at radius 2 is 1.18 bits per heavy atom. The number of nitrogens with zero attached hydrogens (tertiary/aromatic N) is 1. The number of carboxylic acid groups (broad SMARTS) is 2. The normalized spacial score (nSPS) is 13.9. The van der Waals surface area contributed by atoms with Crippen molar-refractivity contribution in [1.82, 2.24) is 16.0 Å². The number of carboxylic acids is 2. The molecule has 0 aliphatic carbocycles. The Morgan fingerprint density at radius 3 is 1.68 bits per heavy atom. The molecule has 0 spiro atoms. The van der Waals surface area contributed by atoms with Gasteiger partial charge in [0.05, 0.1) is 12.5 Å².